The standard InChI is InChI=1S/C18H20FN5O/c1-12(2)17(11-24-21-7-8-22-24)23-18(25)16-9-14(10-20-16)13-3-5-15(19)6-4-13/h3-10,12,17,20H,11H2,1-2H3,(H,23,25). The summed E-state index contributed by atoms with van der Waals surface area (Å²) in [7, 11) is 0. The van der Waals surface area contributed by atoms with Crippen molar-refractivity contribution >= 4 is 5.91 Å². The second-order valence-corrected chi connectivity index (χ2v) is 6.22. The van der Waals surface area contributed by atoms with Crippen molar-refractivity contribution in [2.45, 2.75) is 26.4 Å². The molecule has 1 aromatic carbocycles. The Hall–Kier alpha value is -2.96. The van der Waals surface area contributed by atoms with Gasteiger partial charge in [0.05, 0.1) is 25.0 Å². The van der Waals surface area contributed by atoms with Gasteiger partial charge in [-0.2, -0.15) is 15.0 Å². The average molecular weight is 341 g/mol. The Labute approximate surface area is 145 Å². The molecule has 7 heteroatoms. The van der Waals surface area contributed by atoms with Crippen LogP contribution in [-0.2, 0) is 6.54 Å². The summed E-state index contributed by atoms with van der Waals surface area (Å²) in [6, 6.07) is 7.81. The molecule has 6 nitrogen and oxygen atoms in total. The Balaban J connectivity index is 1.70. The van der Waals surface area contributed by atoms with E-state index in [4.69, 9.17) is 0 Å². The van der Waals surface area contributed by atoms with Crippen molar-refractivity contribution in [3.8, 4) is 11.1 Å². The smallest absolute Gasteiger partial charge is 0.268 e. The molecule has 130 valence electrons. The van der Waals surface area contributed by atoms with E-state index in [1.54, 1.807) is 41.6 Å². The summed E-state index contributed by atoms with van der Waals surface area (Å²) in [5.41, 5.74) is 2.14. The number of rotatable bonds is 6. The largest absolute Gasteiger partial charge is 0.357 e. The van der Waals surface area contributed by atoms with Crippen LogP contribution >= 0.6 is 0 Å². The Bertz CT molecular complexity index is 824. The van der Waals surface area contributed by atoms with Crippen LogP contribution < -0.4 is 5.32 Å². The van der Waals surface area contributed by atoms with Gasteiger partial charge in [0.15, 0.2) is 0 Å². The molecule has 2 N–H and O–H groups in total. The maximum Gasteiger partial charge on any atom is 0.268 e. The van der Waals surface area contributed by atoms with Crippen LogP contribution in [0.3, 0.4) is 0 Å². The number of hydrogen-bond acceptors (Lipinski definition) is 3. The molecule has 0 aliphatic rings. The first-order valence-corrected chi connectivity index (χ1v) is 8.12. The van der Waals surface area contributed by atoms with Crippen LogP contribution in [0.4, 0.5) is 4.39 Å². The number of aromatic amines is 1. The zero-order valence-electron chi connectivity index (χ0n) is 14.1. The van der Waals surface area contributed by atoms with Gasteiger partial charge in [-0.25, -0.2) is 4.39 Å². The Morgan fingerprint density at radius 3 is 2.52 bits per heavy atom. The van der Waals surface area contributed by atoms with Crippen LogP contribution in [0.15, 0.2) is 48.9 Å². The number of nitrogens with zero attached hydrogens (tertiary/aromatic N) is 3. The predicted molar refractivity (Wildman–Crippen MR) is 92.3 cm³/mol. The Morgan fingerprint density at radius 1 is 1.20 bits per heavy atom. The summed E-state index contributed by atoms with van der Waals surface area (Å²) >= 11 is 0. The Kier molecular flexibility index (Phi) is 4.92. The molecule has 0 aliphatic heterocycles. The maximum absolute atomic E-state index is 13.0. The van der Waals surface area contributed by atoms with E-state index in [1.807, 2.05) is 13.8 Å². The van der Waals surface area contributed by atoms with Gasteiger partial charge in [-0.1, -0.05) is 26.0 Å². The molecule has 0 radical (unpaired) electrons. The highest BCUT2D eigenvalue weighted by molar-refractivity contribution is 5.94. The van der Waals surface area contributed by atoms with Gasteiger partial charge in [-0.3, -0.25) is 4.79 Å². The highest BCUT2D eigenvalue weighted by Gasteiger charge is 2.19. The third-order valence-corrected chi connectivity index (χ3v) is 4.05. The second kappa shape index (κ2) is 7.29. The fourth-order valence-electron chi connectivity index (χ4n) is 2.52. The summed E-state index contributed by atoms with van der Waals surface area (Å²) < 4.78 is 13.0. The van der Waals surface area contributed by atoms with Gasteiger partial charge in [-0.05, 0) is 35.2 Å². The second-order valence-electron chi connectivity index (χ2n) is 6.22. The zero-order valence-corrected chi connectivity index (χ0v) is 14.1. The van der Waals surface area contributed by atoms with E-state index in [0.717, 1.165) is 11.1 Å². The number of carbonyl (C=O) groups excluding carboxylic acids is 1. The molecule has 0 saturated carbocycles. The molecule has 0 aliphatic carbocycles. The van der Waals surface area contributed by atoms with E-state index in [9.17, 15) is 9.18 Å². The van der Waals surface area contributed by atoms with Gasteiger partial charge in [0.1, 0.15) is 11.5 Å². The lowest BCUT2D eigenvalue weighted by Crippen LogP contribution is -2.42. The van der Waals surface area contributed by atoms with E-state index in [-0.39, 0.29) is 23.7 Å². The summed E-state index contributed by atoms with van der Waals surface area (Å²) in [5, 5.41) is 11.2. The molecule has 1 atom stereocenters. The monoisotopic (exact) mass is 341 g/mol. The first-order chi connectivity index (χ1) is 12.0. The number of benzene rings is 1. The molecule has 0 fully saturated rings. The molecule has 1 amide bonds. The number of aromatic nitrogens is 4. The minimum absolute atomic E-state index is 0.0996. The van der Waals surface area contributed by atoms with Crippen LogP contribution in [-0.4, -0.2) is 31.9 Å². The van der Waals surface area contributed by atoms with Gasteiger partial charge in [0, 0.05) is 6.20 Å². The van der Waals surface area contributed by atoms with E-state index >= 15 is 0 Å². The fraction of sp³-hybridized carbons (Fsp3) is 0.278. The lowest BCUT2D eigenvalue weighted by atomic mass is 10.0. The molecule has 2 aromatic heterocycles. The minimum Gasteiger partial charge on any atom is -0.357 e. The average Bonchev–Trinajstić information content (AvgIpc) is 3.26. The van der Waals surface area contributed by atoms with E-state index in [1.165, 1.54) is 12.1 Å². The normalized spacial score (nSPS) is 12.3. The van der Waals surface area contributed by atoms with Crippen LogP contribution in [0.2, 0.25) is 0 Å². The highest BCUT2D eigenvalue weighted by atomic mass is 19.1. The Morgan fingerprint density at radius 2 is 1.88 bits per heavy atom. The quantitative estimate of drug-likeness (QED) is 0.724. The fourth-order valence-corrected chi connectivity index (χ4v) is 2.52. The van der Waals surface area contributed by atoms with Crippen LogP contribution in [0.5, 0.6) is 0 Å². The van der Waals surface area contributed by atoms with Gasteiger partial charge in [0.25, 0.3) is 5.91 Å². The molecular weight excluding hydrogens is 321 g/mol. The van der Waals surface area contributed by atoms with Gasteiger partial charge in [-0.15, -0.1) is 0 Å². The van der Waals surface area contributed by atoms with Crippen LogP contribution in [0.25, 0.3) is 11.1 Å². The van der Waals surface area contributed by atoms with Gasteiger partial charge >= 0.3 is 0 Å². The first kappa shape index (κ1) is 16.9. The number of carbonyl (C=O) groups is 1. The molecule has 0 saturated heterocycles. The van der Waals surface area contributed by atoms with Crippen molar-refractivity contribution in [1.29, 1.82) is 0 Å². The van der Waals surface area contributed by atoms with E-state index < -0.39 is 0 Å². The number of hydrogen-bond donors (Lipinski definition) is 2. The lowest BCUT2D eigenvalue weighted by molar-refractivity contribution is 0.0913. The summed E-state index contributed by atoms with van der Waals surface area (Å²) in [4.78, 5) is 17.1. The highest BCUT2D eigenvalue weighted by Crippen LogP contribution is 2.20. The summed E-state index contributed by atoms with van der Waals surface area (Å²) in [6.07, 6.45) is 4.96. The number of nitrogens with one attached hydrogen (secondary N) is 2. The van der Waals surface area contributed by atoms with E-state index in [0.29, 0.717) is 12.2 Å². The zero-order chi connectivity index (χ0) is 17.8. The lowest BCUT2D eigenvalue weighted by Gasteiger charge is -2.21. The predicted octanol–water partition coefficient (Wildman–Crippen LogP) is 2.87. The molecule has 0 bridgehead atoms. The van der Waals surface area contributed by atoms with Crippen molar-refractivity contribution in [3.05, 3.63) is 60.4 Å². The molecule has 1 unspecified atom stereocenters. The van der Waals surface area contributed by atoms with Crippen molar-refractivity contribution in [2.75, 3.05) is 0 Å². The van der Waals surface area contributed by atoms with Crippen molar-refractivity contribution in [2.24, 2.45) is 5.92 Å². The van der Waals surface area contributed by atoms with E-state index in [2.05, 4.69) is 20.5 Å². The first-order valence-electron chi connectivity index (χ1n) is 8.12. The van der Waals surface area contributed by atoms with Crippen molar-refractivity contribution in [3.63, 3.8) is 0 Å². The molecular formula is C18H20FN5O. The maximum atomic E-state index is 13.0. The molecule has 3 aromatic rings. The number of H-pyrrole nitrogens is 1. The molecule has 25 heavy (non-hydrogen) atoms. The molecule has 2 heterocycles. The molecule has 0 spiro atoms. The van der Waals surface area contributed by atoms with Gasteiger partial charge in [0.2, 0.25) is 0 Å². The SMILES string of the molecule is CC(C)C(Cn1nccn1)NC(=O)c1cc(-c2ccc(F)cc2)c[nH]1. The minimum atomic E-state index is -0.288. The summed E-state index contributed by atoms with van der Waals surface area (Å²) in [6.45, 7) is 4.57. The third kappa shape index (κ3) is 4.12. The summed E-state index contributed by atoms with van der Waals surface area (Å²) in [5.74, 6) is -0.259. The number of amides is 1. The van der Waals surface area contributed by atoms with Crippen LogP contribution in [0.1, 0.15) is 24.3 Å². The van der Waals surface area contributed by atoms with Gasteiger partial charge < -0.3 is 10.3 Å². The van der Waals surface area contributed by atoms with Crippen molar-refractivity contribution < 1.29 is 9.18 Å². The number of halogens is 1. The van der Waals surface area contributed by atoms with Crippen molar-refractivity contribution in [1.82, 2.24) is 25.3 Å². The third-order valence-electron chi connectivity index (χ3n) is 4.05. The van der Waals surface area contributed by atoms with Crippen LogP contribution in [0, 0.1) is 11.7 Å². The topological polar surface area (TPSA) is 75.6 Å². The molecule has 3 rings (SSSR count).